The van der Waals surface area contributed by atoms with Gasteiger partial charge in [0.2, 0.25) is 0 Å². The first-order valence-electron chi connectivity index (χ1n) is 6.36. The van der Waals surface area contributed by atoms with E-state index in [-0.39, 0.29) is 5.91 Å². The first kappa shape index (κ1) is 12.7. The zero-order valence-corrected chi connectivity index (χ0v) is 11.3. The minimum Gasteiger partial charge on any atom is -0.497 e. The molecule has 0 bridgehead atoms. The van der Waals surface area contributed by atoms with Gasteiger partial charge in [-0.15, -0.1) is 0 Å². The highest BCUT2D eigenvalue weighted by molar-refractivity contribution is 6.11. The van der Waals surface area contributed by atoms with E-state index < -0.39 is 5.72 Å². The van der Waals surface area contributed by atoms with Crippen LogP contribution in [-0.4, -0.2) is 18.1 Å². The van der Waals surface area contributed by atoms with Crippen LogP contribution < -0.4 is 9.64 Å². The van der Waals surface area contributed by atoms with Gasteiger partial charge in [0.1, 0.15) is 5.75 Å². The second-order valence-electron chi connectivity index (χ2n) is 4.91. The van der Waals surface area contributed by atoms with Gasteiger partial charge >= 0.3 is 0 Å². The maximum absolute atomic E-state index is 12.5. The minimum atomic E-state index is -1.39. The SMILES string of the molecule is COc1ccc2c(c1)C(C)(O)N(c1ccccc1)C2=O. The molecule has 2 aromatic rings. The number of ether oxygens (including phenoxy) is 1. The lowest BCUT2D eigenvalue weighted by atomic mass is 10.0. The summed E-state index contributed by atoms with van der Waals surface area (Å²) in [5.41, 5.74) is 0.338. The highest BCUT2D eigenvalue weighted by atomic mass is 16.5. The summed E-state index contributed by atoms with van der Waals surface area (Å²) in [7, 11) is 1.56. The van der Waals surface area contributed by atoms with E-state index in [0.29, 0.717) is 22.6 Å². The third-order valence-electron chi connectivity index (χ3n) is 3.62. The van der Waals surface area contributed by atoms with Crippen LogP contribution in [0.25, 0.3) is 0 Å². The molecule has 0 saturated carbocycles. The molecule has 20 heavy (non-hydrogen) atoms. The Bertz CT molecular complexity index is 665. The van der Waals surface area contributed by atoms with Crippen molar-refractivity contribution in [2.45, 2.75) is 12.6 Å². The van der Waals surface area contributed by atoms with Gasteiger partial charge in [-0.05, 0) is 37.3 Å². The molecule has 1 amide bonds. The summed E-state index contributed by atoms with van der Waals surface area (Å²) < 4.78 is 5.17. The zero-order valence-electron chi connectivity index (χ0n) is 11.3. The smallest absolute Gasteiger partial charge is 0.261 e. The molecule has 0 radical (unpaired) electrons. The molecule has 0 spiro atoms. The Kier molecular flexibility index (Phi) is 2.76. The van der Waals surface area contributed by atoms with Gasteiger partial charge in [-0.1, -0.05) is 18.2 Å². The molecule has 0 aromatic heterocycles. The number of amides is 1. The summed E-state index contributed by atoms with van der Waals surface area (Å²) in [6, 6.07) is 14.3. The summed E-state index contributed by atoms with van der Waals surface area (Å²) in [4.78, 5) is 13.9. The summed E-state index contributed by atoms with van der Waals surface area (Å²) in [5, 5.41) is 10.8. The number of hydrogen-bond donors (Lipinski definition) is 1. The predicted molar refractivity (Wildman–Crippen MR) is 75.8 cm³/mol. The van der Waals surface area contributed by atoms with Crippen molar-refractivity contribution < 1.29 is 14.6 Å². The number of aliphatic hydroxyl groups is 1. The van der Waals surface area contributed by atoms with Crippen LogP contribution in [0.3, 0.4) is 0 Å². The molecule has 102 valence electrons. The predicted octanol–water partition coefficient (Wildman–Crippen LogP) is 2.52. The number of hydrogen-bond acceptors (Lipinski definition) is 3. The second-order valence-corrected chi connectivity index (χ2v) is 4.91. The topological polar surface area (TPSA) is 49.8 Å². The summed E-state index contributed by atoms with van der Waals surface area (Å²) >= 11 is 0. The Morgan fingerprint density at radius 3 is 2.50 bits per heavy atom. The van der Waals surface area contributed by atoms with E-state index in [9.17, 15) is 9.90 Å². The molecule has 0 aliphatic carbocycles. The summed E-state index contributed by atoms with van der Waals surface area (Å²) in [5.74, 6) is 0.408. The lowest BCUT2D eigenvalue weighted by Gasteiger charge is -2.30. The first-order chi connectivity index (χ1) is 9.55. The lowest BCUT2D eigenvalue weighted by Crippen LogP contribution is -2.41. The minimum absolute atomic E-state index is 0.209. The molecule has 1 unspecified atom stereocenters. The Morgan fingerprint density at radius 2 is 1.85 bits per heavy atom. The maximum Gasteiger partial charge on any atom is 0.261 e. The van der Waals surface area contributed by atoms with Gasteiger partial charge in [0, 0.05) is 16.8 Å². The van der Waals surface area contributed by atoms with Crippen LogP contribution in [0.2, 0.25) is 0 Å². The van der Waals surface area contributed by atoms with Gasteiger partial charge < -0.3 is 9.84 Å². The molecule has 0 saturated heterocycles. The largest absolute Gasteiger partial charge is 0.497 e. The van der Waals surface area contributed by atoms with Crippen LogP contribution >= 0.6 is 0 Å². The molecule has 0 fully saturated rings. The molecule has 1 atom stereocenters. The molecule has 4 heteroatoms. The number of rotatable bonds is 2. The quantitative estimate of drug-likeness (QED) is 0.911. The van der Waals surface area contributed by atoms with Crippen LogP contribution in [-0.2, 0) is 5.72 Å². The van der Waals surface area contributed by atoms with E-state index >= 15 is 0 Å². The summed E-state index contributed by atoms with van der Waals surface area (Å²) in [6.45, 7) is 1.61. The average Bonchev–Trinajstić information content (AvgIpc) is 2.66. The molecular weight excluding hydrogens is 254 g/mol. The maximum atomic E-state index is 12.5. The van der Waals surface area contributed by atoms with Crippen molar-refractivity contribution in [2.75, 3.05) is 12.0 Å². The number of carbonyl (C=O) groups excluding carboxylic acids is 1. The second kappa shape index (κ2) is 4.35. The number of para-hydroxylation sites is 1. The molecule has 1 aliphatic rings. The Labute approximate surface area is 117 Å². The Hall–Kier alpha value is -2.33. The van der Waals surface area contributed by atoms with E-state index in [1.54, 1.807) is 44.4 Å². The number of benzene rings is 2. The van der Waals surface area contributed by atoms with Gasteiger partial charge in [-0.2, -0.15) is 0 Å². The molecular formula is C16H15NO3. The lowest BCUT2D eigenvalue weighted by molar-refractivity contribution is 0.0553. The van der Waals surface area contributed by atoms with E-state index in [1.807, 2.05) is 18.2 Å². The monoisotopic (exact) mass is 269 g/mol. The van der Waals surface area contributed by atoms with Gasteiger partial charge in [0.25, 0.3) is 5.91 Å². The molecule has 1 aliphatic heterocycles. The number of nitrogens with zero attached hydrogens (tertiary/aromatic N) is 1. The van der Waals surface area contributed by atoms with E-state index in [4.69, 9.17) is 4.74 Å². The molecule has 3 rings (SSSR count). The van der Waals surface area contributed by atoms with Crippen molar-refractivity contribution in [3.05, 3.63) is 59.7 Å². The third-order valence-corrected chi connectivity index (χ3v) is 3.62. The first-order valence-corrected chi connectivity index (χ1v) is 6.36. The van der Waals surface area contributed by atoms with Crippen molar-refractivity contribution >= 4 is 11.6 Å². The van der Waals surface area contributed by atoms with E-state index in [2.05, 4.69) is 0 Å². The average molecular weight is 269 g/mol. The van der Waals surface area contributed by atoms with Crippen molar-refractivity contribution in [3.8, 4) is 5.75 Å². The standard InChI is InChI=1S/C16H15NO3/c1-16(19)14-10-12(20-2)8-9-13(14)15(18)17(16)11-6-4-3-5-7-11/h3-10,19H,1-2H3. The van der Waals surface area contributed by atoms with Gasteiger partial charge in [-0.3, -0.25) is 9.69 Å². The Morgan fingerprint density at radius 1 is 1.15 bits per heavy atom. The van der Waals surface area contributed by atoms with Crippen molar-refractivity contribution in [1.29, 1.82) is 0 Å². The number of carbonyl (C=O) groups is 1. The third kappa shape index (κ3) is 1.69. The fourth-order valence-electron chi connectivity index (χ4n) is 2.61. The highest BCUT2D eigenvalue weighted by Gasteiger charge is 2.46. The van der Waals surface area contributed by atoms with Crippen LogP contribution in [0.1, 0.15) is 22.8 Å². The molecule has 1 N–H and O–H groups in total. The molecule has 4 nitrogen and oxygen atoms in total. The van der Waals surface area contributed by atoms with Crippen molar-refractivity contribution in [2.24, 2.45) is 0 Å². The highest BCUT2D eigenvalue weighted by Crippen LogP contribution is 2.41. The van der Waals surface area contributed by atoms with Gasteiger partial charge in [0.05, 0.1) is 7.11 Å². The fraction of sp³-hybridized carbons (Fsp3) is 0.188. The van der Waals surface area contributed by atoms with Crippen molar-refractivity contribution in [1.82, 2.24) is 0 Å². The van der Waals surface area contributed by atoms with Crippen LogP contribution in [0, 0.1) is 0 Å². The van der Waals surface area contributed by atoms with E-state index in [0.717, 1.165) is 0 Å². The molecule has 1 heterocycles. The van der Waals surface area contributed by atoms with Gasteiger partial charge in [0.15, 0.2) is 5.72 Å². The van der Waals surface area contributed by atoms with Gasteiger partial charge in [-0.25, -0.2) is 0 Å². The summed E-state index contributed by atoms with van der Waals surface area (Å²) in [6.07, 6.45) is 0. The number of anilines is 1. The normalized spacial score (nSPS) is 20.9. The fourth-order valence-corrected chi connectivity index (χ4v) is 2.61. The van der Waals surface area contributed by atoms with E-state index in [1.165, 1.54) is 4.90 Å². The van der Waals surface area contributed by atoms with Crippen LogP contribution in [0.5, 0.6) is 5.75 Å². The zero-order chi connectivity index (χ0) is 14.3. The van der Waals surface area contributed by atoms with Crippen LogP contribution in [0.15, 0.2) is 48.5 Å². The Balaban J connectivity index is 2.16. The van der Waals surface area contributed by atoms with Crippen LogP contribution in [0.4, 0.5) is 5.69 Å². The number of fused-ring (bicyclic) bond motifs is 1. The number of methoxy groups -OCH3 is 1. The van der Waals surface area contributed by atoms with Crippen molar-refractivity contribution in [3.63, 3.8) is 0 Å². The molecule has 2 aromatic carbocycles.